The second-order valence-corrected chi connectivity index (χ2v) is 5.42. The van der Waals surface area contributed by atoms with Crippen molar-refractivity contribution in [2.45, 2.75) is 38.5 Å². The van der Waals surface area contributed by atoms with Crippen LogP contribution in [0.5, 0.6) is 0 Å². The zero-order chi connectivity index (χ0) is 13.4. The smallest absolute Gasteiger partial charge is 0.150 e. The Balaban J connectivity index is 2.05. The first-order chi connectivity index (χ1) is 9.16. The molecule has 3 rings (SSSR count). The van der Waals surface area contributed by atoms with Crippen molar-refractivity contribution in [1.29, 1.82) is 0 Å². The zero-order valence-electron chi connectivity index (χ0n) is 11.3. The van der Waals surface area contributed by atoms with E-state index in [9.17, 15) is 0 Å². The second-order valence-electron chi connectivity index (χ2n) is 5.42. The van der Waals surface area contributed by atoms with E-state index in [4.69, 9.17) is 16.6 Å². The van der Waals surface area contributed by atoms with Gasteiger partial charge in [-0.15, -0.1) is 0 Å². The molecule has 0 radical (unpaired) electrons. The first kappa shape index (κ1) is 12.1. The SMILES string of the molecule is Cc1cccc(-c2nc(C3CCCC3)n(N)c2N)c1. The third-order valence-electron chi connectivity index (χ3n) is 3.99. The van der Waals surface area contributed by atoms with E-state index in [1.807, 2.05) is 12.1 Å². The predicted octanol–water partition coefficient (Wildman–Crippen LogP) is 2.81. The van der Waals surface area contributed by atoms with Gasteiger partial charge in [-0.05, 0) is 25.8 Å². The van der Waals surface area contributed by atoms with E-state index < -0.39 is 0 Å². The van der Waals surface area contributed by atoms with Crippen molar-refractivity contribution < 1.29 is 0 Å². The fraction of sp³-hybridized carbons (Fsp3) is 0.400. The molecule has 1 aromatic heterocycles. The number of hydrogen-bond acceptors (Lipinski definition) is 3. The van der Waals surface area contributed by atoms with E-state index in [-0.39, 0.29) is 0 Å². The van der Waals surface area contributed by atoms with Crippen LogP contribution in [0.25, 0.3) is 11.3 Å². The molecule has 19 heavy (non-hydrogen) atoms. The number of aryl methyl sites for hydroxylation is 1. The highest BCUT2D eigenvalue weighted by atomic mass is 15.4. The summed E-state index contributed by atoms with van der Waals surface area (Å²) in [5, 5.41) is 0. The normalized spacial score (nSPS) is 16.1. The third kappa shape index (κ3) is 2.07. The van der Waals surface area contributed by atoms with Gasteiger partial charge in [0, 0.05) is 11.5 Å². The maximum atomic E-state index is 6.13. The molecule has 4 N–H and O–H groups in total. The minimum Gasteiger partial charge on any atom is -0.382 e. The summed E-state index contributed by atoms with van der Waals surface area (Å²) in [5.41, 5.74) is 9.18. The Kier molecular flexibility index (Phi) is 2.93. The molecule has 0 atom stereocenters. The number of aromatic nitrogens is 2. The number of rotatable bonds is 2. The highest BCUT2D eigenvalue weighted by molar-refractivity contribution is 5.71. The Bertz CT molecular complexity index is 594. The van der Waals surface area contributed by atoms with Crippen LogP contribution in [0.1, 0.15) is 43.0 Å². The largest absolute Gasteiger partial charge is 0.382 e. The maximum Gasteiger partial charge on any atom is 0.150 e. The van der Waals surface area contributed by atoms with Crippen LogP contribution in [0.15, 0.2) is 24.3 Å². The predicted molar refractivity (Wildman–Crippen MR) is 78.2 cm³/mol. The van der Waals surface area contributed by atoms with E-state index in [1.54, 1.807) is 4.68 Å². The van der Waals surface area contributed by atoms with Crippen LogP contribution < -0.4 is 11.6 Å². The van der Waals surface area contributed by atoms with Gasteiger partial charge in [0.2, 0.25) is 0 Å². The lowest BCUT2D eigenvalue weighted by Crippen LogP contribution is -2.17. The van der Waals surface area contributed by atoms with E-state index in [1.165, 1.54) is 31.2 Å². The number of imidazole rings is 1. The molecule has 4 heteroatoms. The molecular formula is C15H20N4. The number of nitrogens with zero attached hydrogens (tertiary/aromatic N) is 2. The van der Waals surface area contributed by atoms with Crippen LogP contribution in [0.3, 0.4) is 0 Å². The van der Waals surface area contributed by atoms with Crippen molar-refractivity contribution in [1.82, 2.24) is 9.66 Å². The molecule has 100 valence electrons. The first-order valence-electron chi connectivity index (χ1n) is 6.87. The lowest BCUT2D eigenvalue weighted by Gasteiger charge is -2.08. The molecule has 1 heterocycles. The van der Waals surface area contributed by atoms with Crippen LogP contribution in [0.4, 0.5) is 5.82 Å². The molecule has 1 fully saturated rings. The molecule has 0 amide bonds. The van der Waals surface area contributed by atoms with Crippen LogP contribution in [0, 0.1) is 6.92 Å². The third-order valence-corrected chi connectivity index (χ3v) is 3.99. The fourth-order valence-electron chi connectivity index (χ4n) is 2.94. The van der Waals surface area contributed by atoms with Crippen molar-refractivity contribution in [3.8, 4) is 11.3 Å². The molecule has 0 saturated heterocycles. The van der Waals surface area contributed by atoms with Gasteiger partial charge in [-0.3, -0.25) is 0 Å². The Labute approximate surface area is 113 Å². The van der Waals surface area contributed by atoms with Crippen molar-refractivity contribution in [2.24, 2.45) is 0 Å². The maximum absolute atomic E-state index is 6.13. The van der Waals surface area contributed by atoms with Gasteiger partial charge in [-0.25, -0.2) is 9.66 Å². The summed E-state index contributed by atoms with van der Waals surface area (Å²) in [6, 6.07) is 8.22. The van der Waals surface area contributed by atoms with Gasteiger partial charge >= 0.3 is 0 Å². The van der Waals surface area contributed by atoms with E-state index >= 15 is 0 Å². The van der Waals surface area contributed by atoms with Gasteiger partial charge < -0.3 is 11.6 Å². The number of nitrogens with two attached hydrogens (primary N) is 2. The van der Waals surface area contributed by atoms with Gasteiger partial charge in [0.05, 0.1) is 0 Å². The fourth-order valence-corrected chi connectivity index (χ4v) is 2.94. The van der Waals surface area contributed by atoms with Gasteiger partial charge in [0.25, 0.3) is 0 Å². The average Bonchev–Trinajstić information content (AvgIpc) is 3.00. The quantitative estimate of drug-likeness (QED) is 0.812. The van der Waals surface area contributed by atoms with Gasteiger partial charge in [0.15, 0.2) is 5.82 Å². The molecular weight excluding hydrogens is 236 g/mol. The summed E-state index contributed by atoms with van der Waals surface area (Å²) in [6.07, 6.45) is 4.86. The minimum absolute atomic E-state index is 0.464. The molecule has 1 aliphatic rings. The van der Waals surface area contributed by atoms with Crippen LogP contribution in [-0.4, -0.2) is 9.66 Å². The first-order valence-corrected chi connectivity index (χ1v) is 6.87. The highest BCUT2D eigenvalue weighted by Crippen LogP contribution is 2.36. The van der Waals surface area contributed by atoms with Crippen molar-refractivity contribution in [3.05, 3.63) is 35.7 Å². The zero-order valence-corrected chi connectivity index (χ0v) is 11.3. The standard InChI is InChI=1S/C15H20N4/c1-10-5-4-8-12(9-10)13-14(16)19(17)15(18-13)11-6-2-3-7-11/h4-5,8-9,11H,2-3,6-7,16-17H2,1H3. The van der Waals surface area contributed by atoms with Crippen LogP contribution in [-0.2, 0) is 0 Å². The van der Waals surface area contributed by atoms with Gasteiger partial charge in [-0.2, -0.15) is 0 Å². The Morgan fingerprint density at radius 1 is 1.26 bits per heavy atom. The van der Waals surface area contributed by atoms with Crippen molar-refractivity contribution in [2.75, 3.05) is 11.6 Å². The summed E-state index contributed by atoms with van der Waals surface area (Å²) in [6.45, 7) is 2.07. The molecule has 1 aliphatic carbocycles. The van der Waals surface area contributed by atoms with E-state index in [0.29, 0.717) is 11.7 Å². The monoisotopic (exact) mass is 256 g/mol. The molecule has 4 nitrogen and oxygen atoms in total. The summed E-state index contributed by atoms with van der Waals surface area (Å²) in [5.74, 6) is 8.05. The molecule has 2 aromatic rings. The summed E-state index contributed by atoms with van der Waals surface area (Å²) >= 11 is 0. The summed E-state index contributed by atoms with van der Waals surface area (Å²) in [7, 11) is 0. The van der Waals surface area contributed by atoms with E-state index in [0.717, 1.165) is 17.1 Å². The molecule has 0 unspecified atom stereocenters. The molecule has 0 spiro atoms. The number of nitrogen functional groups attached to an aromatic ring is 2. The number of anilines is 1. The topological polar surface area (TPSA) is 69.9 Å². The average molecular weight is 256 g/mol. The van der Waals surface area contributed by atoms with Crippen LogP contribution >= 0.6 is 0 Å². The Hall–Kier alpha value is -1.97. The number of hydrogen-bond donors (Lipinski definition) is 2. The van der Waals surface area contributed by atoms with Gasteiger partial charge in [-0.1, -0.05) is 36.6 Å². The Morgan fingerprint density at radius 2 is 2.00 bits per heavy atom. The minimum atomic E-state index is 0.464. The van der Waals surface area contributed by atoms with Crippen LogP contribution in [0.2, 0.25) is 0 Å². The summed E-state index contributed by atoms with van der Waals surface area (Å²) < 4.78 is 1.58. The second kappa shape index (κ2) is 4.61. The lowest BCUT2D eigenvalue weighted by molar-refractivity contribution is 0.648. The molecule has 0 bridgehead atoms. The van der Waals surface area contributed by atoms with Gasteiger partial charge in [0.1, 0.15) is 11.5 Å². The lowest BCUT2D eigenvalue weighted by atomic mass is 10.1. The van der Waals surface area contributed by atoms with Crippen molar-refractivity contribution in [3.63, 3.8) is 0 Å². The molecule has 0 aliphatic heterocycles. The molecule has 1 saturated carbocycles. The molecule has 1 aromatic carbocycles. The number of benzene rings is 1. The highest BCUT2D eigenvalue weighted by Gasteiger charge is 2.24. The Morgan fingerprint density at radius 3 is 2.68 bits per heavy atom. The van der Waals surface area contributed by atoms with Crippen molar-refractivity contribution >= 4 is 5.82 Å². The van der Waals surface area contributed by atoms with E-state index in [2.05, 4.69) is 19.1 Å². The summed E-state index contributed by atoms with van der Waals surface area (Å²) in [4.78, 5) is 4.72.